The van der Waals surface area contributed by atoms with Crippen molar-refractivity contribution in [1.82, 2.24) is 15.5 Å². The van der Waals surface area contributed by atoms with Gasteiger partial charge >= 0.3 is 6.18 Å². The van der Waals surface area contributed by atoms with E-state index in [-0.39, 0.29) is 17.5 Å². The van der Waals surface area contributed by atoms with Crippen LogP contribution in [0.1, 0.15) is 44.0 Å². The first-order chi connectivity index (χ1) is 11.3. The van der Waals surface area contributed by atoms with Crippen LogP contribution in [0.3, 0.4) is 0 Å². The van der Waals surface area contributed by atoms with Crippen LogP contribution in [0.25, 0.3) is 0 Å². The van der Waals surface area contributed by atoms with Gasteiger partial charge < -0.3 is 19.4 Å². The number of aryl methyl sites for hydroxylation is 1. The van der Waals surface area contributed by atoms with Gasteiger partial charge in [0.1, 0.15) is 11.5 Å². The summed E-state index contributed by atoms with van der Waals surface area (Å²) in [6.07, 6.45) is -6.05. The van der Waals surface area contributed by atoms with Crippen LogP contribution in [0.4, 0.5) is 13.2 Å². The normalized spacial score (nSPS) is 15.0. The van der Waals surface area contributed by atoms with Gasteiger partial charge in [0.2, 0.25) is 17.4 Å². The molecule has 2 aromatic rings. The Morgan fingerprint density at radius 1 is 1.32 bits per heavy atom. The number of aromatic nitrogens is 2. The van der Waals surface area contributed by atoms with E-state index >= 15 is 0 Å². The Kier molecular flexibility index (Phi) is 4.69. The molecule has 0 aromatic carbocycles. The van der Waals surface area contributed by atoms with Crippen LogP contribution in [-0.2, 0) is 22.4 Å². The van der Waals surface area contributed by atoms with Crippen molar-refractivity contribution >= 4 is 5.91 Å². The van der Waals surface area contributed by atoms with Crippen LogP contribution in [0, 0.1) is 6.92 Å². The molecule has 0 spiro atoms. The van der Waals surface area contributed by atoms with Gasteiger partial charge in [-0.3, -0.25) is 4.79 Å². The molecule has 25 heavy (non-hydrogen) atoms. The maximum absolute atomic E-state index is 13.4. The van der Waals surface area contributed by atoms with Crippen LogP contribution < -0.4 is 5.32 Å². The Morgan fingerprint density at radius 2 is 1.96 bits per heavy atom. The van der Waals surface area contributed by atoms with Gasteiger partial charge in [-0.15, -0.1) is 0 Å². The topological polar surface area (TPSA) is 101 Å². The van der Waals surface area contributed by atoms with E-state index in [2.05, 4.69) is 15.5 Å². The molecule has 7 nitrogen and oxygen atoms in total. The predicted molar refractivity (Wildman–Crippen MR) is 78.2 cm³/mol. The van der Waals surface area contributed by atoms with Crippen molar-refractivity contribution in [2.75, 3.05) is 0 Å². The fraction of sp³-hybridized carbons (Fsp3) is 0.533. The summed E-state index contributed by atoms with van der Waals surface area (Å²) in [5.74, 6) is -1.27. The van der Waals surface area contributed by atoms with Gasteiger partial charge in [-0.05, 0) is 32.9 Å². The van der Waals surface area contributed by atoms with Crippen LogP contribution in [0.15, 0.2) is 21.1 Å². The highest BCUT2D eigenvalue weighted by Gasteiger charge is 2.58. The molecule has 2 heterocycles. The molecule has 0 unspecified atom stereocenters. The SMILES string of the molecule is CC(=O)NC(C)(C)c1noc(C[C@](O)(c2ccc(C)o2)C(F)(F)F)n1. The third-order valence-corrected chi connectivity index (χ3v) is 3.54. The smallest absolute Gasteiger partial charge is 0.425 e. The van der Waals surface area contributed by atoms with E-state index in [9.17, 15) is 23.1 Å². The average Bonchev–Trinajstić information content (AvgIpc) is 3.05. The summed E-state index contributed by atoms with van der Waals surface area (Å²) >= 11 is 0. The van der Waals surface area contributed by atoms with E-state index in [1.54, 1.807) is 13.8 Å². The second kappa shape index (κ2) is 6.17. The van der Waals surface area contributed by atoms with Crippen LogP contribution in [0.5, 0.6) is 0 Å². The number of hydrogen-bond donors (Lipinski definition) is 2. The summed E-state index contributed by atoms with van der Waals surface area (Å²) in [6.45, 7) is 5.87. The molecular weight excluding hydrogens is 343 g/mol. The molecule has 10 heteroatoms. The van der Waals surface area contributed by atoms with Crippen LogP contribution >= 0.6 is 0 Å². The van der Waals surface area contributed by atoms with E-state index < -0.39 is 35.4 Å². The molecule has 0 aliphatic rings. The summed E-state index contributed by atoms with van der Waals surface area (Å²) < 4.78 is 50.1. The molecule has 0 bridgehead atoms. The maximum atomic E-state index is 13.4. The number of halogens is 3. The minimum Gasteiger partial charge on any atom is -0.463 e. The zero-order chi connectivity index (χ0) is 19.0. The Bertz CT molecular complexity index is 766. The molecule has 0 saturated heterocycles. The standard InChI is InChI=1S/C15H18F3N3O4/c1-8-5-6-10(24-8)14(23,15(16,17)18)7-11-19-12(21-25-11)13(3,4)20-9(2)22/h5-6,23H,7H2,1-4H3,(H,20,22)/t14-/m0/s1. The molecule has 0 fully saturated rings. The van der Waals surface area contributed by atoms with E-state index in [1.807, 2.05) is 0 Å². The fourth-order valence-electron chi connectivity index (χ4n) is 2.28. The van der Waals surface area contributed by atoms with Crippen molar-refractivity contribution in [3.05, 3.63) is 35.4 Å². The Balaban J connectivity index is 2.34. The summed E-state index contributed by atoms with van der Waals surface area (Å²) in [4.78, 5) is 15.1. The van der Waals surface area contributed by atoms with Crippen LogP contribution in [0.2, 0.25) is 0 Å². The Morgan fingerprint density at radius 3 is 2.44 bits per heavy atom. The van der Waals surface area contributed by atoms with Crippen molar-refractivity contribution in [3.63, 3.8) is 0 Å². The number of alkyl halides is 3. The number of rotatable bonds is 5. The lowest BCUT2D eigenvalue weighted by Gasteiger charge is -2.27. The number of furan rings is 1. The zero-order valence-corrected chi connectivity index (χ0v) is 14.1. The highest BCUT2D eigenvalue weighted by Crippen LogP contribution is 2.42. The highest BCUT2D eigenvalue weighted by atomic mass is 19.4. The van der Waals surface area contributed by atoms with E-state index in [0.29, 0.717) is 0 Å². The van der Waals surface area contributed by atoms with Gasteiger partial charge in [-0.2, -0.15) is 18.2 Å². The number of carbonyl (C=O) groups is 1. The highest BCUT2D eigenvalue weighted by molar-refractivity contribution is 5.73. The van der Waals surface area contributed by atoms with Crippen molar-refractivity contribution in [2.45, 2.75) is 51.4 Å². The fourth-order valence-corrected chi connectivity index (χ4v) is 2.28. The summed E-state index contributed by atoms with van der Waals surface area (Å²) in [7, 11) is 0. The van der Waals surface area contributed by atoms with Gasteiger partial charge in [0.05, 0.1) is 12.0 Å². The molecule has 0 aliphatic carbocycles. The number of hydrogen-bond acceptors (Lipinski definition) is 6. The molecule has 0 aliphatic heterocycles. The Hall–Kier alpha value is -2.36. The summed E-state index contributed by atoms with van der Waals surface area (Å²) in [5.41, 5.74) is -4.37. The number of carbonyl (C=O) groups excluding carboxylic acids is 1. The first kappa shape index (κ1) is 19.0. The molecule has 2 aromatic heterocycles. The van der Waals surface area contributed by atoms with Crippen molar-refractivity contribution in [2.24, 2.45) is 0 Å². The van der Waals surface area contributed by atoms with E-state index in [4.69, 9.17) is 8.94 Å². The Labute approximate surface area is 141 Å². The minimum atomic E-state index is -5.03. The molecule has 1 amide bonds. The number of amides is 1. The quantitative estimate of drug-likeness (QED) is 0.848. The monoisotopic (exact) mass is 361 g/mol. The third-order valence-electron chi connectivity index (χ3n) is 3.54. The van der Waals surface area contributed by atoms with Crippen molar-refractivity contribution < 1.29 is 32.0 Å². The largest absolute Gasteiger partial charge is 0.463 e. The average molecular weight is 361 g/mol. The van der Waals surface area contributed by atoms with E-state index in [0.717, 1.165) is 6.07 Å². The van der Waals surface area contributed by atoms with Crippen LogP contribution in [-0.4, -0.2) is 27.3 Å². The number of nitrogens with one attached hydrogen (secondary N) is 1. The molecule has 0 radical (unpaired) electrons. The lowest BCUT2D eigenvalue weighted by atomic mass is 9.95. The second-order valence-electron chi connectivity index (χ2n) is 6.26. The summed E-state index contributed by atoms with van der Waals surface area (Å²) in [6, 6.07) is 2.35. The van der Waals surface area contributed by atoms with E-state index in [1.165, 1.54) is 19.9 Å². The minimum absolute atomic E-state index is 0.0159. The predicted octanol–water partition coefficient (Wildman–Crippen LogP) is 2.33. The van der Waals surface area contributed by atoms with Crippen molar-refractivity contribution in [1.29, 1.82) is 0 Å². The molecule has 0 saturated carbocycles. The van der Waals surface area contributed by atoms with Crippen molar-refractivity contribution in [3.8, 4) is 0 Å². The first-order valence-corrected chi connectivity index (χ1v) is 7.33. The first-order valence-electron chi connectivity index (χ1n) is 7.33. The second-order valence-corrected chi connectivity index (χ2v) is 6.26. The lowest BCUT2D eigenvalue weighted by molar-refractivity contribution is -0.273. The third kappa shape index (κ3) is 3.84. The van der Waals surface area contributed by atoms with Gasteiger partial charge in [0, 0.05) is 6.92 Å². The zero-order valence-electron chi connectivity index (χ0n) is 14.1. The van der Waals surface area contributed by atoms with Gasteiger partial charge in [-0.1, -0.05) is 5.16 Å². The summed E-state index contributed by atoms with van der Waals surface area (Å²) in [5, 5.41) is 16.4. The molecule has 1 atom stereocenters. The molecule has 2 rings (SSSR count). The lowest BCUT2D eigenvalue weighted by Crippen LogP contribution is -2.44. The maximum Gasteiger partial charge on any atom is 0.425 e. The number of aliphatic hydroxyl groups is 1. The molecule has 2 N–H and O–H groups in total. The van der Waals surface area contributed by atoms with Gasteiger partial charge in [-0.25, -0.2) is 0 Å². The van der Waals surface area contributed by atoms with Gasteiger partial charge in [0.25, 0.3) is 0 Å². The van der Waals surface area contributed by atoms with Gasteiger partial charge in [0.15, 0.2) is 5.82 Å². The molecule has 138 valence electrons. The molecular formula is C15H18F3N3O4. The number of nitrogens with zero attached hydrogens (tertiary/aromatic N) is 2.